The summed E-state index contributed by atoms with van der Waals surface area (Å²) >= 11 is 0. The zero-order chi connectivity index (χ0) is 22.7. The van der Waals surface area contributed by atoms with Gasteiger partial charge in [0.1, 0.15) is 11.5 Å². The van der Waals surface area contributed by atoms with Crippen molar-refractivity contribution >= 4 is 5.91 Å². The average Bonchev–Trinajstić information content (AvgIpc) is 3.51. The van der Waals surface area contributed by atoms with E-state index in [2.05, 4.69) is 42.3 Å². The van der Waals surface area contributed by atoms with Crippen molar-refractivity contribution in [3.8, 4) is 11.5 Å². The molecular weight excluding hydrogens is 400 g/mol. The van der Waals surface area contributed by atoms with Crippen molar-refractivity contribution < 1.29 is 14.3 Å². The maximum Gasteiger partial charge on any atom is 0.223 e. The molecule has 0 unspecified atom stereocenters. The van der Waals surface area contributed by atoms with Gasteiger partial charge in [-0.25, -0.2) is 0 Å². The molecule has 1 heterocycles. The Morgan fingerprint density at radius 3 is 2.47 bits per heavy atom. The van der Waals surface area contributed by atoms with E-state index in [4.69, 9.17) is 9.47 Å². The number of methoxy groups -OCH3 is 2. The normalized spacial score (nSPS) is 19.6. The van der Waals surface area contributed by atoms with Crippen LogP contribution in [0.2, 0.25) is 0 Å². The van der Waals surface area contributed by atoms with Gasteiger partial charge in [0.25, 0.3) is 0 Å². The van der Waals surface area contributed by atoms with Crippen LogP contribution in [0.1, 0.15) is 41.5 Å². The van der Waals surface area contributed by atoms with E-state index in [1.165, 1.54) is 16.7 Å². The van der Waals surface area contributed by atoms with Gasteiger partial charge in [-0.15, -0.1) is 0 Å². The van der Waals surface area contributed by atoms with Gasteiger partial charge in [-0.3, -0.25) is 9.69 Å². The smallest absolute Gasteiger partial charge is 0.223 e. The summed E-state index contributed by atoms with van der Waals surface area (Å²) in [6.45, 7) is 8.03. The van der Waals surface area contributed by atoms with Gasteiger partial charge in [0.2, 0.25) is 5.91 Å². The van der Waals surface area contributed by atoms with Gasteiger partial charge in [-0.2, -0.15) is 0 Å². The van der Waals surface area contributed by atoms with Crippen molar-refractivity contribution in [2.45, 2.75) is 46.1 Å². The Labute approximate surface area is 192 Å². The molecule has 4 rings (SSSR count). The summed E-state index contributed by atoms with van der Waals surface area (Å²) in [5.74, 6) is 2.27. The molecule has 5 heteroatoms. The molecule has 1 aliphatic carbocycles. The minimum Gasteiger partial charge on any atom is -0.496 e. The molecule has 1 saturated heterocycles. The summed E-state index contributed by atoms with van der Waals surface area (Å²) in [6.07, 6.45) is 4.07. The van der Waals surface area contributed by atoms with Crippen LogP contribution < -0.4 is 14.8 Å². The molecular formula is C27H36N2O3. The molecule has 0 aromatic heterocycles. The molecule has 32 heavy (non-hydrogen) atoms. The Morgan fingerprint density at radius 1 is 1.03 bits per heavy atom. The number of carbonyl (C=O) groups excluding carboxylic acids is 1. The lowest BCUT2D eigenvalue weighted by atomic mass is 9.90. The quantitative estimate of drug-likeness (QED) is 0.671. The Bertz CT molecular complexity index is 963. The largest absolute Gasteiger partial charge is 0.496 e. The highest BCUT2D eigenvalue weighted by atomic mass is 16.5. The molecule has 172 valence electrons. The SMILES string of the molecule is COc1cc(C)c(CN2CCC3(CC2)C[C@@H]3C(=O)NCCc2ccccc2OC)cc1C. The first-order valence-corrected chi connectivity index (χ1v) is 11.7. The molecule has 2 aromatic carbocycles. The molecule has 1 saturated carbocycles. The lowest BCUT2D eigenvalue weighted by Gasteiger charge is -2.33. The number of amides is 1. The van der Waals surface area contributed by atoms with Gasteiger partial charge in [-0.1, -0.05) is 24.3 Å². The van der Waals surface area contributed by atoms with Crippen LogP contribution in [0.3, 0.4) is 0 Å². The first-order chi connectivity index (χ1) is 15.5. The third kappa shape index (κ3) is 4.78. The number of likely N-dealkylation sites (tertiary alicyclic amines) is 1. The number of rotatable bonds is 8. The predicted molar refractivity (Wildman–Crippen MR) is 127 cm³/mol. The molecule has 1 amide bonds. The number of hydrogen-bond acceptors (Lipinski definition) is 4. The summed E-state index contributed by atoms with van der Waals surface area (Å²) in [7, 11) is 3.42. The van der Waals surface area contributed by atoms with Gasteiger partial charge < -0.3 is 14.8 Å². The fourth-order valence-corrected chi connectivity index (χ4v) is 5.26. The van der Waals surface area contributed by atoms with Gasteiger partial charge in [0, 0.05) is 19.0 Å². The number of piperidine rings is 1. The second-order valence-corrected chi connectivity index (χ2v) is 9.50. The van der Waals surface area contributed by atoms with Crippen LogP contribution in [-0.4, -0.2) is 44.7 Å². The molecule has 0 radical (unpaired) electrons. The van der Waals surface area contributed by atoms with Crippen molar-refractivity contribution in [1.29, 1.82) is 0 Å². The van der Waals surface area contributed by atoms with E-state index in [1.54, 1.807) is 14.2 Å². The topological polar surface area (TPSA) is 50.8 Å². The Kier molecular flexibility index (Phi) is 6.75. The lowest BCUT2D eigenvalue weighted by molar-refractivity contribution is -0.123. The standard InChI is InChI=1S/C27H36N2O3/c1-19-16-25(32-4)20(2)15-22(19)18-29-13-10-27(11-14-29)17-23(27)26(30)28-12-9-21-7-5-6-8-24(21)31-3/h5-8,15-16,23H,9-14,17-18H2,1-4H3,(H,28,30)/t23-/m1/s1. The molecule has 1 spiro atoms. The van der Waals surface area contributed by atoms with Crippen LogP contribution in [0.15, 0.2) is 36.4 Å². The van der Waals surface area contributed by atoms with Crippen LogP contribution in [0, 0.1) is 25.2 Å². The molecule has 2 aliphatic rings. The molecule has 5 nitrogen and oxygen atoms in total. The van der Waals surface area contributed by atoms with Crippen LogP contribution >= 0.6 is 0 Å². The average molecular weight is 437 g/mol. The minimum absolute atomic E-state index is 0.187. The van der Waals surface area contributed by atoms with Gasteiger partial charge in [-0.05, 0) is 92.4 Å². The van der Waals surface area contributed by atoms with E-state index in [1.807, 2.05) is 18.2 Å². The Hall–Kier alpha value is -2.53. The van der Waals surface area contributed by atoms with E-state index in [-0.39, 0.29) is 17.2 Å². The summed E-state index contributed by atoms with van der Waals surface area (Å²) in [4.78, 5) is 15.3. The predicted octanol–water partition coefficient (Wildman–Crippen LogP) is 4.28. The fraction of sp³-hybridized carbons (Fsp3) is 0.519. The summed E-state index contributed by atoms with van der Waals surface area (Å²) < 4.78 is 10.9. The van der Waals surface area contributed by atoms with Crippen molar-refractivity contribution in [1.82, 2.24) is 10.2 Å². The summed E-state index contributed by atoms with van der Waals surface area (Å²) in [6, 6.07) is 12.4. The number of carbonyl (C=O) groups is 1. The number of aryl methyl sites for hydroxylation is 2. The van der Waals surface area contributed by atoms with Crippen LogP contribution in [-0.2, 0) is 17.8 Å². The highest BCUT2D eigenvalue weighted by molar-refractivity contribution is 5.82. The van der Waals surface area contributed by atoms with Crippen molar-refractivity contribution in [2.24, 2.45) is 11.3 Å². The maximum atomic E-state index is 12.8. The van der Waals surface area contributed by atoms with Crippen molar-refractivity contribution in [3.05, 3.63) is 58.7 Å². The monoisotopic (exact) mass is 436 g/mol. The number of nitrogens with one attached hydrogen (secondary N) is 1. The Morgan fingerprint density at radius 2 is 1.75 bits per heavy atom. The van der Waals surface area contributed by atoms with Crippen molar-refractivity contribution in [3.63, 3.8) is 0 Å². The summed E-state index contributed by atoms with van der Waals surface area (Å²) in [5.41, 5.74) is 5.22. The lowest BCUT2D eigenvalue weighted by Crippen LogP contribution is -2.37. The van der Waals surface area contributed by atoms with Gasteiger partial charge >= 0.3 is 0 Å². The minimum atomic E-state index is 0.187. The van der Waals surface area contributed by atoms with E-state index < -0.39 is 0 Å². The van der Waals surface area contributed by atoms with Crippen LogP contribution in [0.4, 0.5) is 0 Å². The second kappa shape index (κ2) is 9.53. The Balaban J connectivity index is 1.24. The third-order valence-electron chi connectivity index (χ3n) is 7.49. The highest BCUT2D eigenvalue weighted by Gasteiger charge is 2.58. The number of ether oxygens (including phenoxy) is 2. The van der Waals surface area contributed by atoms with E-state index in [9.17, 15) is 4.79 Å². The zero-order valence-corrected chi connectivity index (χ0v) is 19.9. The number of hydrogen-bond donors (Lipinski definition) is 1. The molecule has 2 aromatic rings. The molecule has 2 fully saturated rings. The van der Waals surface area contributed by atoms with Gasteiger partial charge in [0.05, 0.1) is 14.2 Å². The fourth-order valence-electron chi connectivity index (χ4n) is 5.26. The zero-order valence-electron chi connectivity index (χ0n) is 19.9. The van der Waals surface area contributed by atoms with Crippen LogP contribution in [0.5, 0.6) is 11.5 Å². The van der Waals surface area contributed by atoms with Crippen LogP contribution in [0.25, 0.3) is 0 Å². The third-order valence-corrected chi connectivity index (χ3v) is 7.49. The summed E-state index contributed by atoms with van der Waals surface area (Å²) in [5, 5.41) is 3.17. The van der Waals surface area contributed by atoms with E-state index in [0.717, 1.165) is 62.4 Å². The first kappa shape index (κ1) is 22.7. The van der Waals surface area contributed by atoms with E-state index >= 15 is 0 Å². The molecule has 1 atom stereocenters. The number of para-hydroxylation sites is 1. The molecule has 1 N–H and O–H groups in total. The highest BCUT2D eigenvalue weighted by Crippen LogP contribution is 2.59. The van der Waals surface area contributed by atoms with E-state index in [0.29, 0.717) is 6.54 Å². The number of benzene rings is 2. The number of nitrogens with zero attached hydrogens (tertiary/aromatic N) is 1. The van der Waals surface area contributed by atoms with Crippen molar-refractivity contribution in [2.75, 3.05) is 33.9 Å². The molecule has 0 bridgehead atoms. The maximum absolute atomic E-state index is 12.8. The first-order valence-electron chi connectivity index (χ1n) is 11.7. The van der Waals surface area contributed by atoms with Gasteiger partial charge in [0.15, 0.2) is 0 Å². The second-order valence-electron chi connectivity index (χ2n) is 9.50. The molecule has 1 aliphatic heterocycles.